The fourth-order valence-corrected chi connectivity index (χ4v) is 7.52. The number of phosphoric acid groups is 1. The van der Waals surface area contributed by atoms with Crippen molar-refractivity contribution in [1.82, 2.24) is 39.0 Å². The molecule has 0 aromatic carbocycles. The van der Waals surface area contributed by atoms with Gasteiger partial charge in [0.15, 0.2) is 35.1 Å². The summed E-state index contributed by atoms with van der Waals surface area (Å²) in [7, 11) is -9.12. The normalized spacial score (nSPS) is 37.7. The van der Waals surface area contributed by atoms with Gasteiger partial charge in [0.25, 0.3) is 5.56 Å². The first-order chi connectivity index (χ1) is 21.3. The van der Waals surface area contributed by atoms with Gasteiger partial charge in [-0.25, -0.2) is 24.5 Å². The number of aliphatic hydroxyl groups excluding tert-OH is 2. The number of nitrogens with one attached hydrogen (secondary N) is 1. The Morgan fingerprint density at radius 1 is 0.889 bits per heavy atom. The van der Waals surface area contributed by atoms with Crippen LogP contribution in [0.2, 0.25) is 0 Å². The van der Waals surface area contributed by atoms with Crippen LogP contribution >= 0.6 is 15.4 Å². The highest BCUT2D eigenvalue weighted by atomic mass is 31.2. The van der Waals surface area contributed by atoms with Crippen LogP contribution in [0.5, 0.6) is 0 Å². The number of nitrogens with two attached hydrogens (primary N) is 2. The highest BCUT2D eigenvalue weighted by molar-refractivity contribution is 7.53. The van der Waals surface area contributed by atoms with Crippen molar-refractivity contribution >= 4 is 49.5 Å². The van der Waals surface area contributed by atoms with Crippen molar-refractivity contribution in [2.45, 2.75) is 49.1 Å². The average Bonchev–Trinajstić information content (AvgIpc) is 3.72. The van der Waals surface area contributed by atoms with E-state index in [9.17, 15) is 29.0 Å². The van der Waals surface area contributed by atoms with Gasteiger partial charge in [0.05, 0.1) is 25.9 Å². The number of aromatic nitrogens is 8. The number of nitrogens with zero attached hydrogens (tertiary/aromatic N) is 7. The molecule has 45 heavy (non-hydrogen) atoms. The van der Waals surface area contributed by atoms with Crippen LogP contribution in [-0.4, -0.2) is 111 Å². The Balaban J connectivity index is 1.21. The Morgan fingerprint density at radius 2 is 1.58 bits per heavy atom. The predicted molar refractivity (Wildman–Crippen MR) is 147 cm³/mol. The molecule has 0 radical (unpaired) electrons. The summed E-state index contributed by atoms with van der Waals surface area (Å²) in [6.45, 7) is -0.204. The van der Waals surface area contributed by atoms with E-state index in [1.807, 2.05) is 0 Å². The lowest BCUT2D eigenvalue weighted by Crippen LogP contribution is -2.36. The van der Waals surface area contributed by atoms with Crippen LogP contribution in [0.1, 0.15) is 12.5 Å². The minimum atomic E-state index is -5.00. The van der Waals surface area contributed by atoms with Crippen molar-refractivity contribution in [3.05, 3.63) is 29.3 Å². The fourth-order valence-electron chi connectivity index (χ4n) is 5.40. The molecule has 4 aromatic heterocycles. The van der Waals surface area contributed by atoms with E-state index in [1.54, 1.807) is 0 Å². The Morgan fingerprint density at radius 3 is 2.36 bits per heavy atom. The smallest absolute Gasteiger partial charge is 0.387 e. The minimum Gasteiger partial charge on any atom is -0.387 e. The van der Waals surface area contributed by atoms with E-state index in [0.29, 0.717) is 0 Å². The van der Waals surface area contributed by atoms with Gasteiger partial charge in [-0.05, 0) is 0 Å². The lowest BCUT2D eigenvalue weighted by molar-refractivity contribution is -0.0628. The third-order valence-corrected chi connectivity index (χ3v) is 9.68. The molecule has 0 spiro atoms. The first-order valence-electron chi connectivity index (χ1n) is 13.2. The number of fused-ring (bicyclic) bond motifs is 5. The number of aliphatic hydroxyl groups is 2. The standard InChI is InChI=1S/C21H26N10O12P2/c1-44(35)38-3-8-13(12(33)19(41-8)30-5-26-9-15(22)24-4-25-16(9)30)43-45(36,37)39-2-7-11(32)14(42-44)20(40-7)31-6-27-10-17(31)28-21(23)29-18(10)34/h4-8,11-14,19-20,32-33H,2-3H2,1H3,(H,36,37)(H2,22,24,25)(H3,23,28,29,34)/t7-,8-,11?,12?,13+,14+,19-,20-,44?/m1/s1. The number of anilines is 2. The van der Waals surface area contributed by atoms with Gasteiger partial charge >= 0.3 is 15.4 Å². The Kier molecular flexibility index (Phi) is 7.30. The third-order valence-electron chi connectivity index (χ3n) is 7.45. The van der Waals surface area contributed by atoms with Crippen LogP contribution in [0.25, 0.3) is 22.3 Å². The third kappa shape index (κ3) is 5.32. The molecule has 4 unspecified atom stereocenters. The second-order valence-electron chi connectivity index (χ2n) is 10.4. The Bertz CT molecular complexity index is 1940. The summed E-state index contributed by atoms with van der Waals surface area (Å²) in [5.74, 6) is -0.167. The van der Waals surface area contributed by atoms with Crippen molar-refractivity contribution in [3.8, 4) is 0 Å². The SMILES string of the molecule is CP1(=O)OC[C@H]2O[C@@H](n3cnc4c(N)ncnc43)C(O)[C@H]2OP(=O)(O)OC[C@H]2O[C@@H](n3cnc4c(=O)[nH]c(N)nc43)[C@@H](O1)C2O. The van der Waals surface area contributed by atoms with Gasteiger partial charge in [0, 0.05) is 6.66 Å². The number of ether oxygens (including phenoxy) is 2. The maximum absolute atomic E-state index is 13.6. The second-order valence-corrected chi connectivity index (χ2v) is 13.9. The van der Waals surface area contributed by atoms with Gasteiger partial charge in [-0.15, -0.1) is 0 Å². The van der Waals surface area contributed by atoms with E-state index >= 15 is 0 Å². The molecule has 2 bridgehead atoms. The summed E-state index contributed by atoms with van der Waals surface area (Å²) < 4.78 is 63.0. The van der Waals surface area contributed by atoms with Crippen molar-refractivity contribution in [3.63, 3.8) is 0 Å². The van der Waals surface area contributed by atoms with E-state index in [2.05, 4.69) is 29.9 Å². The predicted octanol–water partition coefficient (Wildman–Crippen LogP) is -1.62. The molecular weight excluding hydrogens is 646 g/mol. The largest absolute Gasteiger partial charge is 0.472 e. The second kappa shape index (κ2) is 10.9. The summed E-state index contributed by atoms with van der Waals surface area (Å²) in [6, 6.07) is 0. The molecule has 4 aromatic rings. The van der Waals surface area contributed by atoms with Gasteiger partial charge in [0.1, 0.15) is 48.5 Å². The van der Waals surface area contributed by atoms with Crippen LogP contribution < -0.4 is 17.0 Å². The highest BCUT2D eigenvalue weighted by Crippen LogP contribution is 2.54. The first-order valence-corrected chi connectivity index (χ1v) is 16.7. The Labute approximate surface area is 250 Å². The van der Waals surface area contributed by atoms with Crippen LogP contribution in [0.4, 0.5) is 11.8 Å². The molecule has 7 heterocycles. The van der Waals surface area contributed by atoms with E-state index in [4.69, 9.17) is 39.0 Å². The maximum atomic E-state index is 13.6. The topological polar surface area (TPSA) is 309 Å². The first kappa shape index (κ1) is 30.3. The van der Waals surface area contributed by atoms with Gasteiger partial charge in [-0.3, -0.25) is 37.0 Å². The number of H-pyrrole nitrogens is 1. The van der Waals surface area contributed by atoms with Gasteiger partial charge in [0.2, 0.25) is 5.95 Å². The number of rotatable bonds is 2. The number of hydrogen-bond acceptors (Lipinski definition) is 18. The molecule has 3 aliphatic heterocycles. The number of imidazole rings is 2. The summed E-state index contributed by atoms with van der Waals surface area (Å²) in [4.78, 5) is 45.5. The van der Waals surface area contributed by atoms with E-state index in [-0.39, 0.29) is 34.1 Å². The molecule has 8 N–H and O–H groups in total. The number of aromatic amines is 1. The van der Waals surface area contributed by atoms with Crippen LogP contribution in [0.15, 0.2) is 23.8 Å². The summed E-state index contributed by atoms with van der Waals surface area (Å²) in [5, 5.41) is 22.3. The number of hydrogen-bond donors (Lipinski definition) is 6. The highest BCUT2D eigenvalue weighted by Gasteiger charge is 2.53. The fraction of sp³-hybridized carbons (Fsp3) is 0.524. The molecule has 0 saturated carbocycles. The molecule has 3 saturated heterocycles. The number of phosphoric ester groups is 1. The minimum absolute atomic E-state index is 0.0472. The molecule has 10 atom stereocenters. The van der Waals surface area contributed by atoms with E-state index in [0.717, 1.165) is 6.66 Å². The van der Waals surface area contributed by atoms with Gasteiger partial charge < -0.3 is 40.6 Å². The van der Waals surface area contributed by atoms with Gasteiger partial charge in [-0.2, -0.15) is 4.98 Å². The maximum Gasteiger partial charge on any atom is 0.472 e. The molecule has 24 heteroatoms. The van der Waals surface area contributed by atoms with Crippen molar-refractivity contribution in [2.75, 3.05) is 31.3 Å². The summed E-state index contributed by atoms with van der Waals surface area (Å²) in [5.41, 5.74) is 11.1. The molecule has 242 valence electrons. The Hall–Kier alpha value is -3.40. The molecule has 7 rings (SSSR count). The van der Waals surface area contributed by atoms with Crippen LogP contribution in [0, 0.1) is 0 Å². The number of nitrogen functional groups attached to an aromatic ring is 2. The zero-order chi connectivity index (χ0) is 31.8. The van der Waals surface area contributed by atoms with Crippen LogP contribution in [-0.2, 0) is 36.7 Å². The lowest BCUT2D eigenvalue weighted by Gasteiger charge is -2.26. The van der Waals surface area contributed by atoms with E-state index < -0.39 is 83.3 Å². The van der Waals surface area contributed by atoms with Gasteiger partial charge in [-0.1, -0.05) is 0 Å². The van der Waals surface area contributed by atoms with E-state index in [1.165, 1.54) is 28.1 Å². The quantitative estimate of drug-likeness (QED) is 0.130. The zero-order valence-electron chi connectivity index (χ0n) is 23.0. The van der Waals surface area contributed by atoms with Crippen molar-refractivity contribution < 1.29 is 51.8 Å². The van der Waals surface area contributed by atoms with Crippen molar-refractivity contribution in [2.24, 2.45) is 0 Å². The average molecular weight is 672 g/mol. The molecule has 3 fully saturated rings. The zero-order valence-corrected chi connectivity index (χ0v) is 24.7. The molecular formula is C21H26N10O12P2. The summed E-state index contributed by atoms with van der Waals surface area (Å²) >= 11 is 0. The van der Waals surface area contributed by atoms with Crippen molar-refractivity contribution in [1.29, 1.82) is 0 Å². The molecule has 0 aliphatic carbocycles. The molecule has 3 aliphatic rings. The summed E-state index contributed by atoms with van der Waals surface area (Å²) in [6.07, 6.45) is -7.93. The monoisotopic (exact) mass is 672 g/mol. The molecule has 0 amide bonds. The lowest BCUT2D eigenvalue weighted by atomic mass is 10.1. The molecule has 22 nitrogen and oxygen atoms in total. The van der Waals surface area contributed by atoms with Crippen LogP contribution in [0.3, 0.4) is 0 Å².